The SMILES string of the molecule is C=C.C=C/C(C(=C)C)=C(/C=C\C)c1ccccc1. The maximum Gasteiger partial charge on any atom is -0.0112 e. The van der Waals surface area contributed by atoms with Gasteiger partial charge in [0.2, 0.25) is 0 Å². The third-order valence-electron chi connectivity index (χ3n) is 2.37. The normalized spacial score (nSPS) is 11.2. The average Bonchev–Trinajstić information content (AvgIpc) is 2.41. The van der Waals surface area contributed by atoms with Crippen molar-refractivity contribution in [1.29, 1.82) is 0 Å². The van der Waals surface area contributed by atoms with E-state index in [2.05, 4.69) is 44.5 Å². The van der Waals surface area contributed by atoms with E-state index in [1.807, 2.05) is 44.2 Å². The monoisotopic (exact) mass is 238 g/mol. The fourth-order valence-corrected chi connectivity index (χ4v) is 1.64. The second-order valence-electron chi connectivity index (χ2n) is 3.68. The molecule has 0 saturated carbocycles. The van der Waals surface area contributed by atoms with Gasteiger partial charge in [-0.2, -0.15) is 0 Å². The highest BCUT2D eigenvalue weighted by atomic mass is 14.1. The Balaban J connectivity index is 0.00000137. The number of benzene rings is 1. The van der Waals surface area contributed by atoms with Crippen molar-refractivity contribution in [1.82, 2.24) is 0 Å². The van der Waals surface area contributed by atoms with E-state index in [4.69, 9.17) is 0 Å². The standard InChI is InChI=1S/C16H18.C2H4/c1-5-10-16(15(6-2)13(3)4)14-11-8-7-9-12-14;1-2/h5-12H,2-3H2,1,4H3;1-2H2/b10-5-,16-15+;. The van der Waals surface area contributed by atoms with E-state index in [-0.39, 0.29) is 0 Å². The molecule has 0 spiro atoms. The van der Waals surface area contributed by atoms with Gasteiger partial charge in [0.15, 0.2) is 0 Å². The van der Waals surface area contributed by atoms with Crippen molar-refractivity contribution in [3.05, 3.63) is 91.6 Å². The first-order valence-electron chi connectivity index (χ1n) is 5.91. The fraction of sp³-hybridized carbons (Fsp3) is 0.111. The second kappa shape index (κ2) is 9.00. The molecule has 0 radical (unpaired) electrons. The van der Waals surface area contributed by atoms with E-state index in [1.165, 1.54) is 11.1 Å². The van der Waals surface area contributed by atoms with Gasteiger partial charge in [-0.3, -0.25) is 0 Å². The van der Waals surface area contributed by atoms with Crippen LogP contribution >= 0.6 is 0 Å². The van der Waals surface area contributed by atoms with Crippen LogP contribution in [-0.4, -0.2) is 0 Å². The highest BCUT2D eigenvalue weighted by molar-refractivity contribution is 5.81. The Kier molecular flexibility index (Phi) is 7.96. The zero-order chi connectivity index (χ0) is 14.0. The van der Waals surface area contributed by atoms with Gasteiger partial charge in [-0.1, -0.05) is 67.3 Å². The lowest BCUT2D eigenvalue weighted by atomic mass is 9.95. The summed E-state index contributed by atoms with van der Waals surface area (Å²) >= 11 is 0. The Hall–Kier alpha value is -2.08. The Morgan fingerprint density at radius 3 is 2.06 bits per heavy atom. The predicted molar refractivity (Wildman–Crippen MR) is 84.4 cm³/mol. The largest absolute Gasteiger partial charge is 0.106 e. The molecule has 0 aliphatic rings. The molecular weight excluding hydrogens is 216 g/mol. The molecule has 0 aliphatic heterocycles. The van der Waals surface area contributed by atoms with Gasteiger partial charge in [-0.25, -0.2) is 0 Å². The molecule has 0 atom stereocenters. The van der Waals surface area contributed by atoms with Crippen molar-refractivity contribution in [2.75, 3.05) is 0 Å². The smallest absolute Gasteiger partial charge is 0.0112 e. The summed E-state index contributed by atoms with van der Waals surface area (Å²) in [5, 5.41) is 0. The Bertz CT molecular complexity index is 444. The number of allylic oxidation sites excluding steroid dienone is 6. The van der Waals surface area contributed by atoms with Crippen LogP contribution < -0.4 is 0 Å². The number of hydrogen-bond acceptors (Lipinski definition) is 0. The molecular formula is C18H22. The van der Waals surface area contributed by atoms with E-state index in [1.54, 1.807) is 0 Å². The van der Waals surface area contributed by atoms with Crippen LogP contribution in [0.2, 0.25) is 0 Å². The molecule has 0 nitrogen and oxygen atoms in total. The van der Waals surface area contributed by atoms with Crippen LogP contribution in [0, 0.1) is 0 Å². The third-order valence-corrected chi connectivity index (χ3v) is 2.37. The van der Waals surface area contributed by atoms with Crippen molar-refractivity contribution in [3.8, 4) is 0 Å². The third kappa shape index (κ3) is 4.42. The molecule has 0 aliphatic carbocycles. The molecule has 0 N–H and O–H groups in total. The van der Waals surface area contributed by atoms with Crippen LogP contribution in [-0.2, 0) is 0 Å². The van der Waals surface area contributed by atoms with Crippen molar-refractivity contribution < 1.29 is 0 Å². The molecule has 0 heterocycles. The van der Waals surface area contributed by atoms with Gasteiger partial charge >= 0.3 is 0 Å². The van der Waals surface area contributed by atoms with Crippen LogP contribution in [0.5, 0.6) is 0 Å². The van der Waals surface area contributed by atoms with Crippen LogP contribution in [0.15, 0.2) is 86.0 Å². The van der Waals surface area contributed by atoms with Crippen LogP contribution in [0.1, 0.15) is 19.4 Å². The first-order chi connectivity index (χ1) is 8.70. The van der Waals surface area contributed by atoms with E-state index in [0.29, 0.717) is 0 Å². The average molecular weight is 238 g/mol. The summed E-state index contributed by atoms with van der Waals surface area (Å²) in [7, 11) is 0. The van der Waals surface area contributed by atoms with E-state index in [0.717, 1.165) is 11.1 Å². The first-order valence-corrected chi connectivity index (χ1v) is 5.91. The molecule has 1 rings (SSSR count). The molecule has 18 heavy (non-hydrogen) atoms. The molecule has 0 bridgehead atoms. The number of hydrogen-bond donors (Lipinski definition) is 0. The molecule has 0 saturated heterocycles. The fourth-order valence-electron chi connectivity index (χ4n) is 1.64. The minimum atomic E-state index is 1.03. The van der Waals surface area contributed by atoms with E-state index in [9.17, 15) is 0 Å². The molecule has 1 aromatic rings. The zero-order valence-electron chi connectivity index (χ0n) is 11.4. The van der Waals surface area contributed by atoms with Gasteiger partial charge < -0.3 is 0 Å². The van der Waals surface area contributed by atoms with Gasteiger partial charge in [0.05, 0.1) is 0 Å². The molecule has 0 amide bonds. The van der Waals surface area contributed by atoms with Crippen molar-refractivity contribution in [2.24, 2.45) is 0 Å². The molecule has 94 valence electrons. The highest BCUT2D eigenvalue weighted by Crippen LogP contribution is 2.24. The lowest BCUT2D eigenvalue weighted by molar-refractivity contribution is 1.45. The van der Waals surface area contributed by atoms with Crippen LogP contribution in [0.3, 0.4) is 0 Å². The summed E-state index contributed by atoms with van der Waals surface area (Å²) in [5.74, 6) is 0. The van der Waals surface area contributed by atoms with Gasteiger partial charge in [-0.15, -0.1) is 13.2 Å². The Morgan fingerprint density at radius 2 is 1.67 bits per heavy atom. The van der Waals surface area contributed by atoms with E-state index < -0.39 is 0 Å². The Labute approximate surface area is 111 Å². The summed E-state index contributed by atoms with van der Waals surface area (Å²) in [6.45, 7) is 17.9. The lowest BCUT2D eigenvalue weighted by Gasteiger charge is -2.09. The van der Waals surface area contributed by atoms with Crippen LogP contribution in [0.25, 0.3) is 5.57 Å². The maximum atomic E-state index is 3.99. The van der Waals surface area contributed by atoms with Crippen molar-refractivity contribution in [2.45, 2.75) is 13.8 Å². The second-order valence-corrected chi connectivity index (χ2v) is 3.68. The van der Waals surface area contributed by atoms with Gasteiger partial charge in [-0.05, 0) is 30.6 Å². The summed E-state index contributed by atoms with van der Waals surface area (Å²) in [4.78, 5) is 0. The lowest BCUT2D eigenvalue weighted by Crippen LogP contribution is -1.88. The topological polar surface area (TPSA) is 0 Å². The minimum absolute atomic E-state index is 1.03. The summed E-state index contributed by atoms with van der Waals surface area (Å²) in [6, 6.07) is 10.3. The zero-order valence-corrected chi connectivity index (χ0v) is 11.4. The number of rotatable bonds is 4. The molecule has 0 aromatic heterocycles. The van der Waals surface area contributed by atoms with Crippen LogP contribution in [0.4, 0.5) is 0 Å². The van der Waals surface area contributed by atoms with Gasteiger partial charge in [0.25, 0.3) is 0 Å². The Morgan fingerprint density at radius 1 is 1.11 bits per heavy atom. The molecule has 0 unspecified atom stereocenters. The molecule has 0 heteroatoms. The van der Waals surface area contributed by atoms with Crippen molar-refractivity contribution in [3.63, 3.8) is 0 Å². The first kappa shape index (κ1) is 15.9. The summed E-state index contributed by atoms with van der Waals surface area (Å²) < 4.78 is 0. The maximum absolute atomic E-state index is 3.99. The summed E-state index contributed by atoms with van der Waals surface area (Å²) in [6.07, 6.45) is 6.00. The predicted octanol–water partition coefficient (Wildman–Crippen LogP) is 5.58. The molecule has 0 fully saturated rings. The molecule has 1 aromatic carbocycles. The minimum Gasteiger partial charge on any atom is -0.106 e. The highest BCUT2D eigenvalue weighted by Gasteiger charge is 2.03. The van der Waals surface area contributed by atoms with E-state index >= 15 is 0 Å². The quantitative estimate of drug-likeness (QED) is 0.474. The van der Waals surface area contributed by atoms with Crippen molar-refractivity contribution >= 4 is 5.57 Å². The van der Waals surface area contributed by atoms with Gasteiger partial charge in [0.1, 0.15) is 0 Å². The van der Waals surface area contributed by atoms with Gasteiger partial charge in [0, 0.05) is 0 Å². The summed E-state index contributed by atoms with van der Waals surface area (Å²) in [5.41, 5.74) is 4.50.